The highest BCUT2D eigenvalue weighted by Gasteiger charge is 2.34. The largest absolute Gasteiger partial charge is 0.242 e. The molecule has 20 heavy (non-hydrogen) atoms. The highest BCUT2D eigenvalue weighted by Crippen LogP contribution is 2.35. The van der Waals surface area contributed by atoms with Gasteiger partial charge in [0.15, 0.2) is 5.41 Å². The van der Waals surface area contributed by atoms with Crippen molar-refractivity contribution in [2.75, 3.05) is 0 Å². The van der Waals surface area contributed by atoms with Crippen LogP contribution in [-0.2, 0) is 11.0 Å². The summed E-state index contributed by atoms with van der Waals surface area (Å²) in [6.45, 7) is 7.16. The fourth-order valence-electron chi connectivity index (χ4n) is 1.69. The zero-order valence-electron chi connectivity index (χ0n) is 12.0. The van der Waals surface area contributed by atoms with Gasteiger partial charge in [-0.05, 0) is 33.8 Å². The zero-order chi connectivity index (χ0) is 15.6. The Labute approximate surface area is 121 Å². The van der Waals surface area contributed by atoms with Gasteiger partial charge in [0.25, 0.3) is 0 Å². The summed E-state index contributed by atoms with van der Waals surface area (Å²) in [5, 5.41) is 17.9. The molecular weight excluding hydrogens is 277 g/mol. The molecule has 2 atom stereocenters. The van der Waals surface area contributed by atoms with Crippen molar-refractivity contribution >= 4 is 11.0 Å². The maximum Gasteiger partial charge on any atom is 0.168 e. The van der Waals surface area contributed by atoms with Crippen LogP contribution in [-0.4, -0.2) is 15.0 Å². The van der Waals surface area contributed by atoms with Gasteiger partial charge in [0, 0.05) is 18.0 Å². The summed E-state index contributed by atoms with van der Waals surface area (Å²) in [7, 11) is -1.32. The number of nitrogens with one attached hydrogen (secondary N) is 1. The molecule has 0 saturated heterocycles. The van der Waals surface area contributed by atoms with Crippen molar-refractivity contribution in [2.24, 2.45) is 5.41 Å². The van der Waals surface area contributed by atoms with Gasteiger partial charge < -0.3 is 0 Å². The lowest BCUT2D eigenvalue weighted by Gasteiger charge is -2.26. The summed E-state index contributed by atoms with van der Waals surface area (Å²) in [4.78, 5) is 0. The molecule has 0 fully saturated rings. The van der Waals surface area contributed by atoms with Crippen molar-refractivity contribution in [1.82, 2.24) is 4.72 Å². The standard InChI is InChI=1S/C14H18FN3OS/c1-10(18-20(19)13(2,3)4)11-5-6-14(8-16,9-17)7-12(11)15/h5-6,10,18H,7H2,1-4H3/t10-,20?/m0/s1. The molecule has 0 aromatic rings. The first-order chi connectivity index (χ1) is 9.15. The molecule has 1 N–H and O–H groups in total. The van der Waals surface area contributed by atoms with E-state index in [4.69, 9.17) is 10.5 Å². The lowest BCUT2D eigenvalue weighted by Crippen LogP contribution is -2.39. The Morgan fingerprint density at radius 2 is 2.00 bits per heavy atom. The van der Waals surface area contributed by atoms with Gasteiger partial charge in [-0.3, -0.25) is 0 Å². The van der Waals surface area contributed by atoms with Crippen LogP contribution in [0.3, 0.4) is 0 Å². The number of nitriles is 2. The molecule has 0 aromatic carbocycles. The van der Waals surface area contributed by atoms with Crippen molar-refractivity contribution in [2.45, 2.75) is 44.9 Å². The maximum atomic E-state index is 14.1. The van der Waals surface area contributed by atoms with Crippen LogP contribution in [0.1, 0.15) is 34.1 Å². The molecule has 0 saturated carbocycles. The zero-order valence-corrected chi connectivity index (χ0v) is 12.8. The fourth-order valence-corrected chi connectivity index (χ4v) is 2.49. The van der Waals surface area contributed by atoms with Gasteiger partial charge in [-0.2, -0.15) is 10.5 Å². The molecule has 1 aliphatic carbocycles. The molecule has 6 heteroatoms. The molecule has 108 valence electrons. The molecular formula is C14H18FN3OS. The molecule has 0 bridgehead atoms. The van der Waals surface area contributed by atoms with E-state index in [1.54, 1.807) is 6.92 Å². The van der Waals surface area contributed by atoms with E-state index in [-0.39, 0.29) is 6.42 Å². The van der Waals surface area contributed by atoms with Crippen LogP contribution < -0.4 is 4.72 Å². The first-order valence-corrected chi connectivity index (χ1v) is 7.38. The minimum atomic E-state index is -1.43. The molecule has 1 unspecified atom stereocenters. The Morgan fingerprint density at radius 3 is 2.40 bits per heavy atom. The van der Waals surface area contributed by atoms with Crippen LogP contribution in [0.15, 0.2) is 23.6 Å². The molecule has 0 spiro atoms. The predicted octanol–water partition coefficient (Wildman–Crippen LogP) is 2.64. The van der Waals surface area contributed by atoms with Crippen LogP contribution in [0.25, 0.3) is 0 Å². The molecule has 1 aliphatic rings. The van der Waals surface area contributed by atoms with Gasteiger partial charge >= 0.3 is 0 Å². The summed E-state index contributed by atoms with van der Waals surface area (Å²) in [6, 6.07) is 3.18. The summed E-state index contributed by atoms with van der Waals surface area (Å²) >= 11 is 0. The van der Waals surface area contributed by atoms with Crippen molar-refractivity contribution in [1.29, 1.82) is 10.5 Å². The first kappa shape index (κ1) is 16.6. The van der Waals surface area contributed by atoms with Crippen molar-refractivity contribution in [3.05, 3.63) is 23.6 Å². The van der Waals surface area contributed by atoms with Crippen molar-refractivity contribution in [3.63, 3.8) is 0 Å². The number of allylic oxidation sites excluding steroid dienone is 2. The summed E-state index contributed by atoms with van der Waals surface area (Å²) in [6.07, 6.45) is 2.58. The van der Waals surface area contributed by atoms with Gasteiger partial charge in [0.05, 0.1) is 27.9 Å². The second kappa shape index (κ2) is 5.87. The van der Waals surface area contributed by atoms with Gasteiger partial charge in [-0.1, -0.05) is 6.08 Å². The Balaban J connectivity index is 2.91. The second-order valence-corrected chi connectivity index (χ2v) is 7.78. The smallest absolute Gasteiger partial charge is 0.168 e. The van der Waals surface area contributed by atoms with E-state index in [9.17, 15) is 8.60 Å². The lowest BCUT2D eigenvalue weighted by molar-refractivity contribution is 0.490. The van der Waals surface area contributed by atoms with Crippen LogP contribution in [0.4, 0.5) is 4.39 Å². The summed E-state index contributed by atoms with van der Waals surface area (Å²) < 4.78 is 28.5. The summed E-state index contributed by atoms with van der Waals surface area (Å²) in [5.41, 5.74) is -1.10. The molecule has 0 aliphatic heterocycles. The van der Waals surface area contributed by atoms with Gasteiger partial charge in [0.1, 0.15) is 5.83 Å². The quantitative estimate of drug-likeness (QED) is 0.869. The Bertz CT molecular complexity index is 546. The predicted molar refractivity (Wildman–Crippen MR) is 76.0 cm³/mol. The topological polar surface area (TPSA) is 76.7 Å². The van der Waals surface area contributed by atoms with E-state index in [0.717, 1.165) is 0 Å². The normalized spacial score (nSPS) is 20.9. The van der Waals surface area contributed by atoms with Crippen LogP contribution >= 0.6 is 0 Å². The van der Waals surface area contributed by atoms with Gasteiger partial charge in [-0.25, -0.2) is 13.3 Å². The monoisotopic (exact) mass is 295 g/mol. The number of hydrogen-bond donors (Lipinski definition) is 1. The molecule has 0 radical (unpaired) electrons. The minimum absolute atomic E-state index is 0.264. The number of rotatable bonds is 3. The SMILES string of the molecule is C[C@H](NS(=O)C(C)(C)C)C1=C(F)CC(C#N)(C#N)C=C1. The van der Waals surface area contributed by atoms with Crippen LogP contribution in [0.5, 0.6) is 0 Å². The molecule has 0 heterocycles. The van der Waals surface area contributed by atoms with Crippen molar-refractivity contribution < 1.29 is 8.60 Å². The first-order valence-electron chi connectivity index (χ1n) is 6.23. The number of hydrogen-bond acceptors (Lipinski definition) is 3. The third kappa shape index (κ3) is 3.53. The number of nitrogens with zero attached hydrogens (tertiary/aromatic N) is 2. The van der Waals surface area contributed by atoms with E-state index in [1.807, 2.05) is 32.9 Å². The third-order valence-corrected chi connectivity index (χ3v) is 4.68. The maximum absolute atomic E-state index is 14.1. The lowest BCUT2D eigenvalue weighted by atomic mass is 9.81. The minimum Gasteiger partial charge on any atom is -0.242 e. The highest BCUT2D eigenvalue weighted by molar-refractivity contribution is 7.84. The van der Waals surface area contributed by atoms with E-state index in [2.05, 4.69) is 4.72 Å². The summed E-state index contributed by atoms with van der Waals surface area (Å²) in [5.74, 6) is -0.512. The molecule has 1 rings (SSSR count). The molecule has 0 amide bonds. The third-order valence-electron chi connectivity index (χ3n) is 3.00. The number of halogens is 1. The Kier molecular flexibility index (Phi) is 4.86. The van der Waals surface area contributed by atoms with E-state index in [1.165, 1.54) is 12.2 Å². The van der Waals surface area contributed by atoms with E-state index >= 15 is 0 Å². The molecule has 0 aromatic heterocycles. The Morgan fingerprint density at radius 1 is 1.45 bits per heavy atom. The van der Waals surface area contributed by atoms with E-state index < -0.39 is 33.0 Å². The van der Waals surface area contributed by atoms with Gasteiger partial charge in [0.2, 0.25) is 0 Å². The van der Waals surface area contributed by atoms with E-state index in [0.29, 0.717) is 5.57 Å². The highest BCUT2D eigenvalue weighted by atomic mass is 32.2. The van der Waals surface area contributed by atoms with Crippen LogP contribution in [0.2, 0.25) is 0 Å². The average Bonchev–Trinajstić information content (AvgIpc) is 2.37. The van der Waals surface area contributed by atoms with Crippen LogP contribution in [0, 0.1) is 28.1 Å². The van der Waals surface area contributed by atoms with Crippen molar-refractivity contribution in [3.8, 4) is 12.1 Å². The fraction of sp³-hybridized carbons (Fsp3) is 0.571. The molecule has 4 nitrogen and oxygen atoms in total. The van der Waals surface area contributed by atoms with Gasteiger partial charge in [-0.15, -0.1) is 0 Å². The second-order valence-electron chi connectivity index (χ2n) is 5.79. The average molecular weight is 295 g/mol. The Hall–Kier alpha value is -1.50.